The van der Waals surface area contributed by atoms with E-state index in [1.54, 1.807) is 55.5 Å². The van der Waals surface area contributed by atoms with Crippen molar-refractivity contribution < 1.29 is 40.2 Å². The Hall–Kier alpha value is -3.68. The van der Waals surface area contributed by atoms with Gasteiger partial charge in [-0.05, 0) is 27.9 Å². The summed E-state index contributed by atoms with van der Waals surface area (Å²) in [6.07, 6.45) is 0. The van der Waals surface area contributed by atoms with Gasteiger partial charge in [0.25, 0.3) is 0 Å². The molecule has 1 aromatic heterocycles. The number of nitrogens with two attached hydrogens (primary N) is 1. The zero-order valence-electron chi connectivity index (χ0n) is 31.0. The number of rotatable bonds is 2. The van der Waals surface area contributed by atoms with Crippen molar-refractivity contribution in [1.82, 2.24) is 9.97 Å². The first-order valence-corrected chi connectivity index (χ1v) is 11.0. The van der Waals surface area contributed by atoms with Crippen LogP contribution in [0.3, 0.4) is 0 Å². The second-order valence-electron chi connectivity index (χ2n) is 6.56. The first kappa shape index (κ1) is 22.1. The van der Waals surface area contributed by atoms with Crippen molar-refractivity contribution in [3.63, 3.8) is 0 Å². The van der Waals surface area contributed by atoms with Gasteiger partial charge in [0.1, 0.15) is 6.07 Å². The normalized spacial score (nSPS) is 12.2. The van der Waals surface area contributed by atoms with Gasteiger partial charge in [0.15, 0.2) is 0 Å². The Morgan fingerprint density at radius 3 is 2.23 bits per heavy atom. The van der Waals surface area contributed by atoms with Crippen molar-refractivity contribution in [2.45, 2.75) is 6.92 Å². The number of benzene rings is 4. The van der Waals surface area contributed by atoms with Crippen LogP contribution in [0.2, 0.25) is 0 Å². The largest absolute Gasteiger partial charge is 2.00 e. The molecule has 0 aliphatic carbocycles. The molecule has 4 aromatic carbocycles. The van der Waals surface area contributed by atoms with Gasteiger partial charge in [-0.1, -0.05) is 60.5 Å². The predicted molar refractivity (Wildman–Crippen MR) is 157 cm³/mol. The summed E-state index contributed by atoms with van der Waals surface area (Å²) in [7, 11) is 0. The summed E-state index contributed by atoms with van der Waals surface area (Å²) in [6.45, 7) is 2.04. The van der Waals surface area contributed by atoms with Gasteiger partial charge < -0.3 is 32.4 Å². The summed E-state index contributed by atoms with van der Waals surface area (Å²) >= 11 is 4.72. The summed E-state index contributed by atoms with van der Waals surface area (Å²) in [4.78, 5) is 27.7. The number of nitrogens with zero attached hydrogens (tertiary/aromatic N) is 2. The van der Waals surface area contributed by atoms with Gasteiger partial charge in [-0.2, -0.15) is 46.5 Å². The van der Waals surface area contributed by atoms with Crippen LogP contribution in [0.1, 0.15) is 26.2 Å². The number of para-hydroxylation sites is 2. The van der Waals surface area contributed by atoms with Crippen LogP contribution >= 0.6 is 11.6 Å². The monoisotopic (exact) mass is 638 g/mol. The Bertz CT molecular complexity index is 2010. The summed E-state index contributed by atoms with van der Waals surface area (Å²) in [6, 6.07) is 14.1. The van der Waals surface area contributed by atoms with Crippen LogP contribution in [-0.2, 0) is 4.74 Å². The molecule has 200 valence electrons. The molecule has 0 aliphatic heterocycles. The Balaban J connectivity index is 0.000000721. The van der Waals surface area contributed by atoms with E-state index in [0.29, 0.717) is 28.8 Å². The SMILES string of the molecule is CCOC(=O)Cl.N#Cc1ccccc1N.[2H]c1[c-]c([2H])c([2H])c([2H])c1[2H].[2H]c1c([2H])c([2H])c(-c2nc(=O)[nH]c3ccccc23)c([2H])c1[2H].[Br-].[Mg+2]. The van der Waals surface area contributed by atoms with Gasteiger partial charge in [-0.15, -0.1) is 0 Å². The van der Waals surface area contributed by atoms with Gasteiger partial charge >= 0.3 is 34.2 Å². The van der Waals surface area contributed by atoms with Crippen LogP contribution < -0.4 is 28.4 Å². The van der Waals surface area contributed by atoms with E-state index in [2.05, 4.69) is 20.8 Å². The van der Waals surface area contributed by atoms with Crippen LogP contribution in [0, 0.1) is 17.4 Å². The van der Waals surface area contributed by atoms with E-state index >= 15 is 0 Å². The number of nitrogens with one attached hydrogen (secondary N) is 1. The average molecular weight is 640 g/mol. The molecule has 0 radical (unpaired) electrons. The van der Waals surface area contributed by atoms with Crippen LogP contribution in [0.5, 0.6) is 0 Å². The summed E-state index contributed by atoms with van der Waals surface area (Å²) in [5.74, 6) is 0. The van der Waals surface area contributed by atoms with Crippen molar-refractivity contribution in [2.75, 3.05) is 12.3 Å². The number of nitriles is 1. The summed E-state index contributed by atoms with van der Waals surface area (Å²) in [5, 5.41) is 8.90. The zero-order valence-corrected chi connectivity index (χ0v) is 24.7. The quantitative estimate of drug-likeness (QED) is 0.132. The standard InChI is InChI=1S/C14H10N2O.C7H6N2.C6H5.C3H5ClO2.BrH.Mg/c17-14-15-12-9-5-4-8-11(12)13(16-14)10-6-2-1-3-7-10;8-5-6-3-1-2-4-7(6)9;1-2-4-6-5-3-1;1-2-6-3(4)5;;/h1-9H,(H,15,16,17);1-4H,9H2;1-5H;2H2,1H3;1H;/q;;-1;;;+2/p-1/i1D,2D,3D,6D,7D;;1D,2D,3D,4D,5D;;;. The molecule has 3 N–H and O–H groups in total. The Morgan fingerprint density at radius 2 is 1.68 bits per heavy atom. The van der Waals surface area contributed by atoms with E-state index in [0.717, 1.165) is 0 Å². The molecule has 0 amide bonds. The number of halogens is 2. The van der Waals surface area contributed by atoms with Crippen molar-refractivity contribution in [3.05, 3.63) is 131 Å². The fraction of sp³-hybridized carbons (Fsp3) is 0.0667. The maximum atomic E-state index is 11.7. The van der Waals surface area contributed by atoms with E-state index in [9.17, 15) is 9.59 Å². The second-order valence-corrected chi connectivity index (χ2v) is 6.86. The topological polar surface area (TPSA) is 122 Å². The van der Waals surface area contributed by atoms with Crippen molar-refractivity contribution >= 4 is 56.7 Å². The molecule has 0 saturated carbocycles. The number of aromatic amines is 1. The number of carbonyl (C=O) groups is 1. The third-order valence-electron chi connectivity index (χ3n) is 4.09. The Labute approximate surface area is 279 Å². The number of ether oxygens (including phenoxy) is 1. The minimum absolute atomic E-state index is 0. The van der Waals surface area contributed by atoms with E-state index in [-0.39, 0.29) is 93.6 Å². The maximum absolute atomic E-state index is 11.7. The fourth-order valence-electron chi connectivity index (χ4n) is 2.56. The molecule has 7 nitrogen and oxygen atoms in total. The predicted octanol–water partition coefficient (Wildman–Crippen LogP) is 3.22. The smallest absolute Gasteiger partial charge is 1.00 e. The number of aromatic nitrogens is 2. The zero-order chi connectivity index (χ0) is 36.3. The third kappa shape index (κ3) is 13.4. The molecular formula is C30H26BrClMgN4O3. The molecule has 0 unspecified atom stereocenters. The number of H-pyrrole nitrogens is 1. The molecule has 0 saturated heterocycles. The van der Waals surface area contributed by atoms with Gasteiger partial charge in [0.05, 0.1) is 30.2 Å². The molecule has 10 heteroatoms. The van der Waals surface area contributed by atoms with Crippen LogP contribution in [0.4, 0.5) is 10.5 Å². The molecule has 0 aliphatic rings. The molecule has 5 aromatic rings. The van der Waals surface area contributed by atoms with E-state index < -0.39 is 29.2 Å². The maximum Gasteiger partial charge on any atom is 2.00 e. The molecule has 0 bridgehead atoms. The van der Waals surface area contributed by atoms with Gasteiger partial charge in [0, 0.05) is 32.4 Å². The minimum Gasteiger partial charge on any atom is -1.00 e. The molecule has 1 heterocycles. The Morgan fingerprint density at radius 1 is 1.07 bits per heavy atom. The van der Waals surface area contributed by atoms with Gasteiger partial charge in [-0.3, -0.25) is 0 Å². The first-order chi connectivity index (χ1) is 22.6. The van der Waals surface area contributed by atoms with E-state index in [1.807, 2.05) is 6.07 Å². The van der Waals surface area contributed by atoms with Gasteiger partial charge in [0.2, 0.25) is 0 Å². The molecule has 5 rings (SSSR count). The minimum atomic E-state index is -0.738. The number of hydrogen-bond donors (Lipinski definition) is 2. The molecule has 0 fully saturated rings. The number of carbonyl (C=O) groups excluding carboxylic acids is 1. The number of fused-ring (bicyclic) bond motifs is 1. The molecular weight excluding hydrogens is 604 g/mol. The van der Waals surface area contributed by atoms with Crippen molar-refractivity contribution in [1.29, 1.82) is 5.26 Å². The molecule has 0 spiro atoms. The summed E-state index contributed by atoms with van der Waals surface area (Å²) < 4.78 is 78.5. The molecule has 40 heavy (non-hydrogen) atoms. The van der Waals surface area contributed by atoms with E-state index in [1.165, 1.54) is 0 Å². The van der Waals surface area contributed by atoms with Gasteiger partial charge in [-0.25, -0.2) is 9.59 Å². The third-order valence-corrected chi connectivity index (χ3v) is 4.20. The molecule has 0 atom stereocenters. The summed E-state index contributed by atoms with van der Waals surface area (Å²) in [5.41, 5.74) is 5.61. The second kappa shape index (κ2) is 21.2. The van der Waals surface area contributed by atoms with Crippen LogP contribution in [0.15, 0.2) is 114 Å². The van der Waals surface area contributed by atoms with Crippen molar-refractivity contribution in [2.24, 2.45) is 0 Å². The van der Waals surface area contributed by atoms with Crippen LogP contribution in [-0.4, -0.2) is 45.1 Å². The number of nitrogen functional groups attached to an aromatic ring is 1. The van der Waals surface area contributed by atoms with Crippen molar-refractivity contribution in [3.8, 4) is 17.3 Å². The number of hydrogen-bond acceptors (Lipinski definition) is 6. The van der Waals surface area contributed by atoms with E-state index in [4.69, 9.17) is 36.3 Å². The van der Waals surface area contributed by atoms with Crippen LogP contribution in [0.25, 0.3) is 22.2 Å². The number of anilines is 1. The first-order valence-electron chi connectivity index (χ1n) is 15.7. The Kier molecular flexibility index (Phi) is 11.7. The average Bonchev–Trinajstić information content (AvgIpc) is 3.05. The fourth-order valence-corrected chi connectivity index (χ4v) is 2.67.